The quantitative estimate of drug-likeness (QED) is 0.790. The molecule has 1 amide bonds. The molecule has 0 spiro atoms. The zero-order valence-corrected chi connectivity index (χ0v) is 15.3. The van der Waals surface area contributed by atoms with Crippen LogP contribution in [0.15, 0.2) is 0 Å². The number of nitrogens with zero attached hydrogens (tertiary/aromatic N) is 1. The largest absolute Gasteiger partial charge is 0.393 e. The van der Waals surface area contributed by atoms with E-state index in [9.17, 15) is 9.90 Å². The molecule has 1 aliphatic carbocycles. The molecule has 2 fully saturated rings. The van der Waals surface area contributed by atoms with Crippen molar-refractivity contribution in [2.75, 3.05) is 19.6 Å². The van der Waals surface area contributed by atoms with E-state index in [1.165, 1.54) is 32.1 Å². The van der Waals surface area contributed by atoms with Crippen LogP contribution < -0.4 is 5.32 Å². The van der Waals surface area contributed by atoms with Gasteiger partial charge in [0.2, 0.25) is 5.91 Å². The second-order valence-corrected chi connectivity index (χ2v) is 8.24. The lowest BCUT2D eigenvalue weighted by Crippen LogP contribution is -2.54. The molecule has 0 radical (unpaired) electrons. The number of aliphatic hydroxyl groups excluding tert-OH is 1. The van der Waals surface area contributed by atoms with Crippen molar-refractivity contribution in [1.29, 1.82) is 0 Å². The fourth-order valence-electron chi connectivity index (χ4n) is 4.04. The number of piperidine rings is 1. The van der Waals surface area contributed by atoms with E-state index in [2.05, 4.69) is 19.2 Å². The summed E-state index contributed by atoms with van der Waals surface area (Å²) < 4.78 is 0. The molecule has 1 heterocycles. The molecule has 1 saturated heterocycles. The molecule has 2 N–H and O–H groups in total. The molecule has 3 unspecified atom stereocenters. The number of aliphatic hydroxyl groups is 1. The fourth-order valence-corrected chi connectivity index (χ4v) is 4.04. The number of hydrogen-bond donors (Lipinski definition) is 2. The maximum atomic E-state index is 12.4. The molecule has 0 aromatic rings. The Kier molecular flexibility index (Phi) is 7.35. The lowest BCUT2D eigenvalue weighted by atomic mass is 9.87. The van der Waals surface area contributed by atoms with Crippen LogP contribution in [-0.2, 0) is 4.79 Å². The Bertz CT molecular complexity index is 364. The predicted octanol–water partition coefficient (Wildman–Crippen LogP) is 2.80. The third kappa shape index (κ3) is 6.07. The van der Waals surface area contributed by atoms with Crippen molar-refractivity contribution in [2.24, 2.45) is 17.8 Å². The standard InChI is InChI=1S/C19H36N2O2/c1-14(2)9-19(23)21-12-17(15(3)22)10-18(13-21)20-11-16-7-5-4-6-8-16/h14-18,20,22H,4-13H2,1-3H3. The average molecular weight is 325 g/mol. The van der Waals surface area contributed by atoms with Crippen LogP contribution in [0.2, 0.25) is 0 Å². The molecular weight excluding hydrogens is 288 g/mol. The number of hydrogen-bond acceptors (Lipinski definition) is 3. The van der Waals surface area contributed by atoms with Crippen molar-refractivity contribution < 1.29 is 9.90 Å². The van der Waals surface area contributed by atoms with E-state index < -0.39 is 0 Å². The van der Waals surface area contributed by atoms with E-state index in [4.69, 9.17) is 0 Å². The van der Waals surface area contributed by atoms with Gasteiger partial charge in [-0.3, -0.25) is 4.79 Å². The number of carbonyl (C=O) groups excluding carboxylic acids is 1. The summed E-state index contributed by atoms with van der Waals surface area (Å²) in [5.41, 5.74) is 0. The number of nitrogens with one attached hydrogen (secondary N) is 1. The van der Waals surface area contributed by atoms with Crippen LogP contribution in [0.25, 0.3) is 0 Å². The zero-order chi connectivity index (χ0) is 16.8. The maximum Gasteiger partial charge on any atom is 0.222 e. The van der Waals surface area contributed by atoms with Crippen molar-refractivity contribution in [2.45, 2.75) is 77.9 Å². The van der Waals surface area contributed by atoms with Crippen molar-refractivity contribution in [1.82, 2.24) is 10.2 Å². The van der Waals surface area contributed by atoms with Crippen LogP contribution in [0.4, 0.5) is 0 Å². The number of likely N-dealkylation sites (tertiary alicyclic amines) is 1. The second kappa shape index (κ2) is 9.03. The van der Waals surface area contributed by atoms with Crippen molar-refractivity contribution in [3.63, 3.8) is 0 Å². The summed E-state index contributed by atoms with van der Waals surface area (Å²) in [4.78, 5) is 14.4. The van der Waals surface area contributed by atoms with Gasteiger partial charge in [-0.25, -0.2) is 0 Å². The third-order valence-corrected chi connectivity index (χ3v) is 5.52. The van der Waals surface area contributed by atoms with Crippen LogP contribution in [0, 0.1) is 17.8 Å². The fraction of sp³-hybridized carbons (Fsp3) is 0.947. The van der Waals surface area contributed by atoms with Crippen LogP contribution in [0.1, 0.15) is 65.7 Å². The summed E-state index contributed by atoms with van der Waals surface area (Å²) in [5.74, 6) is 1.64. The molecule has 4 heteroatoms. The monoisotopic (exact) mass is 324 g/mol. The third-order valence-electron chi connectivity index (χ3n) is 5.52. The molecule has 3 atom stereocenters. The summed E-state index contributed by atoms with van der Waals surface area (Å²) in [6.45, 7) is 8.63. The second-order valence-electron chi connectivity index (χ2n) is 8.24. The number of rotatable bonds is 6. The Morgan fingerprint density at radius 1 is 1.17 bits per heavy atom. The van der Waals surface area contributed by atoms with E-state index in [-0.39, 0.29) is 17.9 Å². The molecule has 1 aliphatic heterocycles. The Hall–Kier alpha value is -0.610. The summed E-state index contributed by atoms with van der Waals surface area (Å²) in [6.07, 6.45) is 8.06. The lowest BCUT2D eigenvalue weighted by molar-refractivity contribution is -0.135. The molecule has 134 valence electrons. The highest BCUT2D eigenvalue weighted by molar-refractivity contribution is 5.76. The van der Waals surface area contributed by atoms with Crippen molar-refractivity contribution in [3.05, 3.63) is 0 Å². The Morgan fingerprint density at radius 3 is 2.48 bits per heavy atom. The first-order valence-corrected chi connectivity index (χ1v) is 9.65. The first kappa shape index (κ1) is 18.7. The predicted molar refractivity (Wildman–Crippen MR) is 94.2 cm³/mol. The molecule has 4 nitrogen and oxygen atoms in total. The zero-order valence-electron chi connectivity index (χ0n) is 15.3. The van der Waals surface area contributed by atoms with Crippen molar-refractivity contribution in [3.8, 4) is 0 Å². The van der Waals surface area contributed by atoms with Crippen LogP contribution in [0.3, 0.4) is 0 Å². The van der Waals surface area contributed by atoms with E-state index in [1.807, 2.05) is 11.8 Å². The highest BCUT2D eigenvalue weighted by Crippen LogP contribution is 2.25. The smallest absolute Gasteiger partial charge is 0.222 e. The van der Waals surface area contributed by atoms with Gasteiger partial charge < -0.3 is 15.3 Å². The van der Waals surface area contributed by atoms with Crippen molar-refractivity contribution >= 4 is 5.91 Å². The van der Waals surface area contributed by atoms with Crippen LogP contribution in [0.5, 0.6) is 0 Å². The summed E-state index contributed by atoms with van der Waals surface area (Å²) >= 11 is 0. The van der Waals surface area contributed by atoms with Gasteiger partial charge in [-0.1, -0.05) is 33.1 Å². The van der Waals surface area contributed by atoms with E-state index in [0.29, 0.717) is 24.9 Å². The Morgan fingerprint density at radius 2 is 1.87 bits per heavy atom. The molecule has 0 bridgehead atoms. The first-order chi connectivity index (χ1) is 11.0. The minimum Gasteiger partial charge on any atom is -0.393 e. The van der Waals surface area contributed by atoms with E-state index in [0.717, 1.165) is 25.4 Å². The van der Waals surface area contributed by atoms with Gasteiger partial charge >= 0.3 is 0 Å². The van der Waals surface area contributed by atoms with Gasteiger partial charge in [0.25, 0.3) is 0 Å². The van der Waals surface area contributed by atoms with Gasteiger partial charge in [0, 0.05) is 31.5 Å². The SMILES string of the molecule is CC(C)CC(=O)N1CC(NCC2CCCCC2)CC(C(C)O)C1. The first-order valence-electron chi connectivity index (χ1n) is 9.65. The van der Waals surface area contributed by atoms with Gasteiger partial charge in [-0.2, -0.15) is 0 Å². The molecule has 2 rings (SSSR count). The van der Waals surface area contributed by atoms with Gasteiger partial charge in [0.1, 0.15) is 0 Å². The summed E-state index contributed by atoms with van der Waals surface area (Å²) in [6, 6.07) is 0.335. The maximum absolute atomic E-state index is 12.4. The normalized spacial score (nSPS) is 28.1. The number of amides is 1. The van der Waals surface area contributed by atoms with Gasteiger partial charge in [0.15, 0.2) is 0 Å². The molecule has 0 aromatic heterocycles. The summed E-state index contributed by atoms with van der Waals surface area (Å²) in [7, 11) is 0. The minimum absolute atomic E-state index is 0.198. The molecule has 1 saturated carbocycles. The Balaban J connectivity index is 1.88. The number of carbonyl (C=O) groups is 1. The molecule has 23 heavy (non-hydrogen) atoms. The van der Waals surface area contributed by atoms with Gasteiger partial charge in [0.05, 0.1) is 6.10 Å². The average Bonchev–Trinajstić information content (AvgIpc) is 2.53. The summed E-state index contributed by atoms with van der Waals surface area (Å²) in [5, 5.41) is 13.7. The van der Waals surface area contributed by atoms with E-state index >= 15 is 0 Å². The lowest BCUT2D eigenvalue weighted by Gasteiger charge is -2.40. The molecular formula is C19H36N2O2. The minimum atomic E-state index is -0.344. The van der Waals surface area contributed by atoms with E-state index in [1.54, 1.807) is 0 Å². The molecule has 0 aromatic carbocycles. The van der Waals surface area contributed by atoms with Crippen LogP contribution in [-0.4, -0.2) is 47.7 Å². The highest BCUT2D eigenvalue weighted by atomic mass is 16.3. The molecule has 2 aliphatic rings. The topological polar surface area (TPSA) is 52.6 Å². The highest BCUT2D eigenvalue weighted by Gasteiger charge is 2.32. The Labute approximate surface area is 142 Å². The van der Waals surface area contributed by atoms with Gasteiger partial charge in [-0.05, 0) is 44.6 Å². The van der Waals surface area contributed by atoms with Gasteiger partial charge in [-0.15, -0.1) is 0 Å². The van der Waals surface area contributed by atoms with Crippen LogP contribution >= 0.6 is 0 Å².